The van der Waals surface area contributed by atoms with Gasteiger partial charge in [-0.15, -0.1) is 0 Å². The minimum Gasteiger partial charge on any atom is -0.497 e. The van der Waals surface area contributed by atoms with Crippen molar-refractivity contribution in [3.8, 4) is 5.75 Å². The van der Waals surface area contributed by atoms with Crippen LogP contribution in [0.15, 0.2) is 18.2 Å². The summed E-state index contributed by atoms with van der Waals surface area (Å²) in [6.07, 6.45) is 3.48. The topological polar surface area (TPSA) is 42.0 Å². The number of ether oxygens (including phenoxy) is 2. The van der Waals surface area contributed by atoms with E-state index in [2.05, 4.69) is 11.0 Å². The van der Waals surface area contributed by atoms with Gasteiger partial charge < -0.3 is 9.47 Å². The van der Waals surface area contributed by atoms with Crippen LogP contribution in [0.25, 0.3) is 0 Å². The zero-order valence-electron chi connectivity index (χ0n) is 13.0. The van der Waals surface area contributed by atoms with Gasteiger partial charge in [0.1, 0.15) is 12.4 Å². The van der Waals surface area contributed by atoms with Crippen LogP contribution in [0.1, 0.15) is 24.8 Å². The Labute approximate surface area is 130 Å². The van der Waals surface area contributed by atoms with Crippen LogP contribution in [0.5, 0.6) is 5.75 Å². The summed E-state index contributed by atoms with van der Waals surface area (Å²) in [7, 11) is 1.68. The number of anilines is 1. The fourth-order valence-electron chi connectivity index (χ4n) is 3.49. The smallest absolute Gasteiger partial charge is 0.414 e. The van der Waals surface area contributed by atoms with E-state index in [9.17, 15) is 4.79 Å². The first-order valence-electron chi connectivity index (χ1n) is 8.10. The summed E-state index contributed by atoms with van der Waals surface area (Å²) in [6.45, 7) is 3.56. The molecular weight excluding hydrogens is 280 g/mol. The molecule has 0 aromatic heterocycles. The minimum atomic E-state index is -0.216. The Bertz CT molecular complexity index is 585. The molecule has 1 unspecified atom stereocenters. The number of carbonyl (C=O) groups is 1. The molecule has 1 atom stereocenters. The molecule has 1 saturated carbocycles. The minimum absolute atomic E-state index is 0.154. The van der Waals surface area contributed by atoms with Gasteiger partial charge in [0.2, 0.25) is 0 Å². The number of cyclic esters (lactones) is 1. The number of rotatable bonds is 3. The second kappa shape index (κ2) is 5.47. The third-order valence-corrected chi connectivity index (χ3v) is 4.89. The number of hydrogen-bond donors (Lipinski definition) is 0. The number of methoxy groups -OCH3 is 1. The Morgan fingerprint density at radius 2 is 2.18 bits per heavy atom. The molecule has 5 nitrogen and oxygen atoms in total. The van der Waals surface area contributed by atoms with Crippen LogP contribution in [0.2, 0.25) is 0 Å². The molecule has 1 aromatic carbocycles. The fourth-order valence-corrected chi connectivity index (χ4v) is 3.49. The zero-order valence-corrected chi connectivity index (χ0v) is 13.0. The van der Waals surface area contributed by atoms with Gasteiger partial charge in [-0.2, -0.15) is 0 Å². The fraction of sp³-hybridized carbons (Fsp3) is 0.588. The summed E-state index contributed by atoms with van der Waals surface area (Å²) >= 11 is 0. The molecule has 1 aliphatic carbocycles. The van der Waals surface area contributed by atoms with Crippen molar-refractivity contribution < 1.29 is 14.3 Å². The van der Waals surface area contributed by atoms with E-state index in [-0.39, 0.29) is 12.1 Å². The third-order valence-electron chi connectivity index (χ3n) is 4.89. The molecule has 2 aliphatic heterocycles. The lowest BCUT2D eigenvalue weighted by Crippen LogP contribution is -2.40. The quantitative estimate of drug-likeness (QED) is 0.861. The number of nitrogens with zero attached hydrogens (tertiary/aromatic N) is 2. The number of amides is 1. The van der Waals surface area contributed by atoms with Gasteiger partial charge in [-0.25, -0.2) is 4.79 Å². The first-order valence-corrected chi connectivity index (χ1v) is 8.10. The van der Waals surface area contributed by atoms with E-state index in [4.69, 9.17) is 9.47 Å². The molecule has 0 bridgehead atoms. The lowest BCUT2D eigenvalue weighted by Gasteiger charge is -2.32. The maximum Gasteiger partial charge on any atom is 0.414 e. The lowest BCUT2D eigenvalue weighted by atomic mass is 10.0. The first kappa shape index (κ1) is 13.9. The second-order valence-electron chi connectivity index (χ2n) is 6.56. The molecule has 1 amide bonds. The molecule has 0 spiro atoms. The van der Waals surface area contributed by atoms with E-state index in [1.165, 1.54) is 12.8 Å². The van der Waals surface area contributed by atoms with Crippen molar-refractivity contribution in [2.75, 3.05) is 31.7 Å². The number of hydrogen-bond acceptors (Lipinski definition) is 4. The molecule has 0 radical (unpaired) electrons. The van der Waals surface area contributed by atoms with E-state index >= 15 is 0 Å². The summed E-state index contributed by atoms with van der Waals surface area (Å²) in [5.41, 5.74) is 2.14. The van der Waals surface area contributed by atoms with Gasteiger partial charge in [-0.05, 0) is 48.9 Å². The van der Waals surface area contributed by atoms with Gasteiger partial charge in [0.25, 0.3) is 0 Å². The third kappa shape index (κ3) is 2.54. The molecular formula is C17H22N2O3. The molecule has 5 heteroatoms. The highest BCUT2D eigenvalue weighted by atomic mass is 16.6. The van der Waals surface area contributed by atoms with E-state index in [0.717, 1.165) is 49.0 Å². The maximum atomic E-state index is 12.1. The summed E-state index contributed by atoms with van der Waals surface area (Å²) in [5, 5.41) is 0. The predicted octanol–water partition coefficient (Wildman–Crippen LogP) is 2.64. The van der Waals surface area contributed by atoms with Gasteiger partial charge in [-0.1, -0.05) is 0 Å². The van der Waals surface area contributed by atoms with Crippen molar-refractivity contribution in [1.82, 2.24) is 4.90 Å². The van der Waals surface area contributed by atoms with Crippen molar-refractivity contribution >= 4 is 11.8 Å². The summed E-state index contributed by atoms with van der Waals surface area (Å²) in [4.78, 5) is 16.5. The Balaban J connectivity index is 1.69. The van der Waals surface area contributed by atoms with Crippen molar-refractivity contribution in [1.29, 1.82) is 0 Å². The molecule has 0 N–H and O–H groups in total. The molecule has 118 valence electrons. The van der Waals surface area contributed by atoms with Crippen molar-refractivity contribution in [3.05, 3.63) is 23.8 Å². The number of benzene rings is 1. The summed E-state index contributed by atoms with van der Waals surface area (Å²) < 4.78 is 10.7. The normalized spacial score (nSPS) is 25.0. The summed E-state index contributed by atoms with van der Waals surface area (Å²) in [5.74, 6) is 1.71. The van der Waals surface area contributed by atoms with Crippen LogP contribution in [-0.2, 0) is 11.3 Å². The summed E-state index contributed by atoms with van der Waals surface area (Å²) in [6, 6.07) is 6.13. The largest absolute Gasteiger partial charge is 0.497 e. The molecule has 3 aliphatic rings. The molecule has 1 saturated heterocycles. The Kier molecular flexibility index (Phi) is 3.45. The van der Waals surface area contributed by atoms with Gasteiger partial charge in [0.05, 0.1) is 18.8 Å². The van der Waals surface area contributed by atoms with E-state index < -0.39 is 0 Å². The Morgan fingerprint density at radius 1 is 1.32 bits per heavy atom. The number of carbonyl (C=O) groups excluding carboxylic acids is 1. The number of fused-ring (bicyclic) bond motifs is 3. The lowest BCUT2D eigenvalue weighted by molar-refractivity contribution is 0.177. The van der Waals surface area contributed by atoms with Crippen LogP contribution in [0.3, 0.4) is 0 Å². The van der Waals surface area contributed by atoms with Gasteiger partial charge in [0.15, 0.2) is 0 Å². The Morgan fingerprint density at radius 3 is 2.95 bits per heavy atom. The zero-order chi connectivity index (χ0) is 15.1. The highest BCUT2D eigenvalue weighted by molar-refractivity contribution is 5.91. The molecule has 1 aromatic rings. The van der Waals surface area contributed by atoms with E-state index in [0.29, 0.717) is 6.61 Å². The van der Waals surface area contributed by atoms with Crippen LogP contribution < -0.4 is 9.64 Å². The molecule has 22 heavy (non-hydrogen) atoms. The van der Waals surface area contributed by atoms with Crippen LogP contribution in [-0.4, -0.2) is 43.8 Å². The monoisotopic (exact) mass is 302 g/mol. The average Bonchev–Trinajstić information content (AvgIpc) is 3.25. The first-order chi connectivity index (χ1) is 10.7. The van der Waals surface area contributed by atoms with Crippen LogP contribution in [0, 0.1) is 5.92 Å². The van der Waals surface area contributed by atoms with Gasteiger partial charge >= 0.3 is 6.09 Å². The standard InChI is InChI=1S/C17H22N2O3/c1-21-15-4-5-16-13(8-15)10-18(9-12-2-3-12)7-6-14-11-22-17(20)19(14)16/h4-5,8,12,14H,2-3,6-7,9-11H2,1H3. The van der Waals surface area contributed by atoms with Crippen molar-refractivity contribution in [2.45, 2.75) is 31.8 Å². The predicted molar refractivity (Wildman–Crippen MR) is 83.2 cm³/mol. The van der Waals surface area contributed by atoms with Crippen molar-refractivity contribution in [2.24, 2.45) is 5.92 Å². The molecule has 4 rings (SSSR count). The average molecular weight is 302 g/mol. The maximum absolute atomic E-state index is 12.1. The highest BCUT2D eigenvalue weighted by Gasteiger charge is 2.37. The SMILES string of the molecule is COc1ccc2c(c1)CN(CC1CC1)CCC1COC(=O)N21. The highest BCUT2D eigenvalue weighted by Crippen LogP contribution is 2.36. The van der Waals surface area contributed by atoms with E-state index in [1.54, 1.807) is 7.11 Å². The van der Waals surface area contributed by atoms with Crippen LogP contribution in [0.4, 0.5) is 10.5 Å². The van der Waals surface area contributed by atoms with Gasteiger partial charge in [-0.3, -0.25) is 9.80 Å². The second-order valence-corrected chi connectivity index (χ2v) is 6.56. The van der Waals surface area contributed by atoms with Crippen LogP contribution >= 0.6 is 0 Å². The van der Waals surface area contributed by atoms with Gasteiger partial charge in [0, 0.05) is 19.6 Å². The molecule has 2 heterocycles. The molecule has 2 fully saturated rings. The Hall–Kier alpha value is -1.75. The van der Waals surface area contributed by atoms with Crippen molar-refractivity contribution in [3.63, 3.8) is 0 Å². The van der Waals surface area contributed by atoms with E-state index in [1.807, 2.05) is 17.0 Å².